The Morgan fingerprint density at radius 1 is 0.840 bits per heavy atom. The summed E-state index contributed by atoms with van der Waals surface area (Å²) in [7, 11) is 0. The summed E-state index contributed by atoms with van der Waals surface area (Å²) in [5, 5.41) is 1.07. The molecule has 0 bridgehead atoms. The van der Waals surface area contributed by atoms with Gasteiger partial charge in [0.2, 0.25) is 5.88 Å². The lowest BCUT2D eigenvalue weighted by Gasteiger charge is -2.13. The Kier molecular flexibility index (Phi) is 3.75. The number of rotatable bonds is 2. The summed E-state index contributed by atoms with van der Waals surface area (Å²) in [6.45, 7) is 0. The molecule has 0 spiro atoms. The van der Waals surface area contributed by atoms with Crippen LogP contribution in [0, 0.1) is 0 Å². The van der Waals surface area contributed by atoms with Crippen LogP contribution in [-0.2, 0) is 0 Å². The number of para-hydroxylation sites is 1. The second kappa shape index (κ2) is 5.95. The van der Waals surface area contributed by atoms with E-state index in [-0.39, 0.29) is 5.88 Å². The van der Waals surface area contributed by atoms with Crippen molar-refractivity contribution < 1.29 is 4.42 Å². The van der Waals surface area contributed by atoms with E-state index in [1.807, 2.05) is 0 Å². The van der Waals surface area contributed by atoms with E-state index in [4.69, 9.17) is 27.6 Å². The van der Waals surface area contributed by atoms with Crippen LogP contribution < -0.4 is 11.2 Å². The van der Waals surface area contributed by atoms with Crippen LogP contribution in [0.5, 0.6) is 0 Å². The van der Waals surface area contributed by atoms with Gasteiger partial charge in [-0.25, -0.2) is 4.79 Å². The molecule has 25 heavy (non-hydrogen) atoms. The van der Waals surface area contributed by atoms with Crippen molar-refractivity contribution in [3.8, 4) is 11.6 Å². The monoisotopic (exact) mass is 372 g/mol. The summed E-state index contributed by atoms with van der Waals surface area (Å²) >= 11 is 12.1. The molecule has 4 rings (SSSR count). The van der Waals surface area contributed by atoms with Crippen LogP contribution in [0.3, 0.4) is 0 Å². The Labute approximate surface area is 151 Å². The van der Waals surface area contributed by atoms with Crippen molar-refractivity contribution in [2.45, 2.75) is 0 Å². The standard InChI is InChI=1S/C18H10Cl2N2O3/c19-13-8-7-11(10-14(13)20)21-15-5-2-1-4-12(15)17(23)22(18(21)24)16-6-3-9-25-16/h1-10H. The zero-order valence-electron chi connectivity index (χ0n) is 12.6. The van der Waals surface area contributed by atoms with Gasteiger partial charge in [0.25, 0.3) is 5.56 Å². The average molecular weight is 373 g/mol. The number of fused-ring (bicyclic) bond motifs is 1. The van der Waals surface area contributed by atoms with Gasteiger partial charge in [0.1, 0.15) is 0 Å². The second-order valence-corrected chi connectivity index (χ2v) is 6.14. The third-order valence-electron chi connectivity index (χ3n) is 3.85. The van der Waals surface area contributed by atoms with Gasteiger partial charge in [0.15, 0.2) is 0 Å². The highest BCUT2D eigenvalue weighted by Gasteiger charge is 2.17. The van der Waals surface area contributed by atoms with Crippen molar-refractivity contribution in [2.24, 2.45) is 0 Å². The maximum Gasteiger partial charge on any atom is 0.343 e. The number of hydrogen-bond donors (Lipinski definition) is 0. The van der Waals surface area contributed by atoms with Gasteiger partial charge >= 0.3 is 5.69 Å². The SMILES string of the molecule is O=c1c2ccccc2n(-c2ccc(Cl)c(Cl)c2)c(=O)n1-c1ccco1. The lowest BCUT2D eigenvalue weighted by Crippen LogP contribution is -2.38. The molecule has 2 heterocycles. The minimum Gasteiger partial charge on any atom is -0.448 e. The third kappa shape index (κ3) is 2.49. The summed E-state index contributed by atoms with van der Waals surface area (Å²) in [6.07, 6.45) is 1.40. The summed E-state index contributed by atoms with van der Waals surface area (Å²) in [4.78, 5) is 25.9. The van der Waals surface area contributed by atoms with Crippen LogP contribution in [0.15, 0.2) is 74.9 Å². The van der Waals surface area contributed by atoms with E-state index in [2.05, 4.69) is 0 Å². The fourth-order valence-corrected chi connectivity index (χ4v) is 3.02. The van der Waals surface area contributed by atoms with Crippen LogP contribution in [0.1, 0.15) is 0 Å². The van der Waals surface area contributed by atoms with E-state index in [0.717, 1.165) is 4.57 Å². The number of benzene rings is 2. The van der Waals surface area contributed by atoms with Gasteiger partial charge in [-0.3, -0.25) is 9.36 Å². The van der Waals surface area contributed by atoms with Gasteiger partial charge in [0.05, 0.1) is 32.9 Å². The minimum atomic E-state index is -0.558. The Balaban J connectivity index is 2.19. The number of hydrogen-bond acceptors (Lipinski definition) is 3. The first-order valence-electron chi connectivity index (χ1n) is 7.34. The highest BCUT2D eigenvalue weighted by Crippen LogP contribution is 2.25. The summed E-state index contributed by atoms with van der Waals surface area (Å²) in [5.74, 6) is 0.148. The van der Waals surface area contributed by atoms with Gasteiger partial charge in [-0.05, 0) is 36.4 Å². The number of aromatic nitrogens is 2. The van der Waals surface area contributed by atoms with Crippen molar-refractivity contribution >= 4 is 34.1 Å². The fourth-order valence-electron chi connectivity index (χ4n) is 2.72. The number of halogens is 2. The molecule has 7 heteroatoms. The van der Waals surface area contributed by atoms with Crippen molar-refractivity contribution in [3.05, 3.63) is 91.7 Å². The molecule has 124 valence electrons. The van der Waals surface area contributed by atoms with Crippen LogP contribution in [0.25, 0.3) is 22.5 Å². The lowest BCUT2D eigenvalue weighted by atomic mass is 10.2. The van der Waals surface area contributed by atoms with Gasteiger partial charge in [-0.15, -0.1) is 0 Å². The molecule has 0 atom stereocenters. The molecule has 0 amide bonds. The molecule has 0 aliphatic rings. The van der Waals surface area contributed by atoms with Crippen molar-refractivity contribution in [3.63, 3.8) is 0 Å². The number of furan rings is 1. The van der Waals surface area contributed by atoms with Crippen LogP contribution >= 0.6 is 23.2 Å². The van der Waals surface area contributed by atoms with E-state index in [9.17, 15) is 9.59 Å². The molecule has 4 aromatic rings. The largest absolute Gasteiger partial charge is 0.448 e. The van der Waals surface area contributed by atoms with E-state index >= 15 is 0 Å². The molecule has 0 fully saturated rings. The van der Waals surface area contributed by atoms with Crippen molar-refractivity contribution in [1.29, 1.82) is 0 Å². The Morgan fingerprint density at radius 3 is 2.36 bits per heavy atom. The van der Waals surface area contributed by atoms with E-state index in [0.29, 0.717) is 26.6 Å². The van der Waals surface area contributed by atoms with Crippen LogP contribution in [-0.4, -0.2) is 9.13 Å². The molecular weight excluding hydrogens is 363 g/mol. The number of nitrogens with zero attached hydrogens (tertiary/aromatic N) is 2. The molecular formula is C18H10Cl2N2O3. The minimum absolute atomic E-state index is 0.148. The van der Waals surface area contributed by atoms with Crippen LogP contribution in [0.4, 0.5) is 0 Å². The van der Waals surface area contributed by atoms with E-state index < -0.39 is 11.2 Å². The third-order valence-corrected chi connectivity index (χ3v) is 4.59. The quantitative estimate of drug-likeness (QED) is 0.533. The highest BCUT2D eigenvalue weighted by molar-refractivity contribution is 6.42. The second-order valence-electron chi connectivity index (χ2n) is 5.33. The van der Waals surface area contributed by atoms with Crippen molar-refractivity contribution in [1.82, 2.24) is 9.13 Å². The highest BCUT2D eigenvalue weighted by atomic mass is 35.5. The zero-order chi connectivity index (χ0) is 17.6. The van der Waals surface area contributed by atoms with Gasteiger partial charge in [-0.1, -0.05) is 35.3 Å². The molecule has 0 aliphatic heterocycles. The zero-order valence-corrected chi connectivity index (χ0v) is 14.2. The maximum absolute atomic E-state index is 13.1. The lowest BCUT2D eigenvalue weighted by molar-refractivity contribution is 0.525. The molecule has 0 radical (unpaired) electrons. The first-order chi connectivity index (χ1) is 12.1. The first-order valence-corrected chi connectivity index (χ1v) is 8.09. The maximum atomic E-state index is 13.1. The molecule has 2 aromatic carbocycles. The topological polar surface area (TPSA) is 57.1 Å². The molecule has 0 N–H and O–H groups in total. The normalized spacial score (nSPS) is 11.1. The molecule has 5 nitrogen and oxygen atoms in total. The van der Waals surface area contributed by atoms with Gasteiger partial charge in [-0.2, -0.15) is 4.57 Å². The fraction of sp³-hybridized carbons (Fsp3) is 0. The van der Waals surface area contributed by atoms with E-state index in [1.165, 1.54) is 10.8 Å². The summed E-state index contributed by atoms with van der Waals surface area (Å²) in [5.41, 5.74) is -0.0431. The first kappa shape index (κ1) is 15.7. The molecule has 0 aliphatic carbocycles. The smallest absolute Gasteiger partial charge is 0.343 e. The molecule has 0 saturated carbocycles. The predicted molar refractivity (Wildman–Crippen MR) is 97.4 cm³/mol. The summed E-state index contributed by atoms with van der Waals surface area (Å²) < 4.78 is 7.66. The average Bonchev–Trinajstić information content (AvgIpc) is 3.12. The molecule has 0 saturated heterocycles. The van der Waals surface area contributed by atoms with Crippen LogP contribution in [0.2, 0.25) is 10.0 Å². The van der Waals surface area contributed by atoms with Gasteiger partial charge < -0.3 is 4.42 Å². The van der Waals surface area contributed by atoms with E-state index in [1.54, 1.807) is 54.6 Å². The molecule has 2 aromatic heterocycles. The summed E-state index contributed by atoms with van der Waals surface area (Å²) in [6, 6.07) is 14.9. The Morgan fingerprint density at radius 2 is 1.64 bits per heavy atom. The molecule has 0 unspecified atom stereocenters. The van der Waals surface area contributed by atoms with Gasteiger partial charge in [0, 0.05) is 6.07 Å². The Bertz CT molecular complexity index is 1210. The van der Waals surface area contributed by atoms with Crippen molar-refractivity contribution in [2.75, 3.05) is 0 Å². The Hall–Kier alpha value is -2.76. The predicted octanol–water partition coefficient (Wildman–Crippen LogP) is 4.04.